The van der Waals surface area contributed by atoms with E-state index in [1.54, 1.807) is 18.5 Å². The molecule has 1 fully saturated rings. The number of rotatable bonds is 5. The van der Waals surface area contributed by atoms with Crippen molar-refractivity contribution in [2.24, 2.45) is 0 Å². The van der Waals surface area contributed by atoms with E-state index in [0.29, 0.717) is 54.7 Å². The van der Waals surface area contributed by atoms with Crippen molar-refractivity contribution in [1.29, 1.82) is 0 Å². The second kappa shape index (κ2) is 8.80. The molecule has 160 valence electrons. The Bertz CT molecular complexity index is 1040. The molecular formula is C20H20N6O4S. The molecule has 0 aliphatic carbocycles. The van der Waals surface area contributed by atoms with Gasteiger partial charge in [0.2, 0.25) is 18.0 Å². The smallest absolute Gasteiger partial charge is 0.277 e. The molecule has 3 aromatic rings. The van der Waals surface area contributed by atoms with E-state index in [1.807, 2.05) is 29.2 Å². The van der Waals surface area contributed by atoms with Crippen molar-refractivity contribution in [2.45, 2.75) is 11.3 Å². The molecule has 0 unspecified atom stereocenters. The highest BCUT2D eigenvalue weighted by Gasteiger charge is 2.28. The maximum Gasteiger partial charge on any atom is 0.277 e. The first kappa shape index (κ1) is 19.6. The van der Waals surface area contributed by atoms with Gasteiger partial charge in [-0.15, -0.1) is 10.2 Å². The Hall–Kier alpha value is -3.34. The van der Waals surface area contributed by atoms with Crippen LogP contribution in [0.2, 0.25) is 0 Å². The third-order valence-electron chi connectivity index (χ3n) is 4.99. The molecule has 10 nitrogen and oxygen atoms in total. The van der Waals surface area contributed by atoms with Gasteiger partial charge in [0.15, 0.2) is 11.5 Å². The maximum absolute atomic E-state index is 12.6. The molecule has 1 amide bonds. The highest BCUT2D eigenvalue weighted by molar-refractivity contribution is 7.99. The first-order valence-corrected chi connectivity index (χ1v) is 10.9. The number of fused-ring (bicyclic) bond motifs is 1. The molecule has 1 saturated heterocycles. The molecule has 1 atom stereocenters. The topological polar surface area (TPSA) is 107 Å². The van der Waals surface area contributed by atoms with Gasteiger partial charge in [-0.25, -0.2) is 9.97 Å². The molecule has 31 heavy (non-hydrogen) atoms. The SMILES string of the molecule is O=C(CSc1nnc([C@@H]2COc3ccccc3O2)o1)N1CCN(c2ncccn2)CC1. The quantitative estimate of drug-likeness (QED) is 0.545. The average Bonchev–Trinajstić information content (AvgIpc) is 3.32. The van der Waals surface area contributed by atoms with E-state index < -0.39 is 6.10 Å². The van der Waals surface area contributed by atoms with Crippen molar-refractivity contribution in [3.63, 3.8) is 0 Å². The molecule has 1 aromatic carbocycles. The first-order chi connectivity index (χ1) is 15.3. The van der Waals surface area contributed by atoms with Crippen LogP contribution in [0.3, 0.4) is 0 Å². The van der Waals surface area contributed by atoms with Crippen molar-refractivity contribution in [2.75, 3.05) is 43.4 Å². The zero-order valence-corrected chi connectivity index (χ0v) is 17.4. The summed E-state index contributed by atoms with van der Waals surface area (Å²) >= 11 is 1.22. The molecular weight excluding hydrogens is 420 g/mol. The summed E-state index contributed by atoms with van der Waals surface area (Å²) in [5.74, 6) is 2.62. The standard InChI is InChI=1S/C20H20N6O4S/c27-17(25-8-10-26(11-9-25)19-21-6-3-7-22-19)13-31-20-24-23-18(30-20)16-12-28-14-4-1-2-5-15(14)29-16/h1-7,16H,8-13H2/t16-/m0/s1. The van der Waals surface area contributed by atoms with E-state index in [9.17, 15) is 4.79 Å². The number of hydrogen-bond acceptors (Lipinski definition) is 10. The number of carbonyl (C=O) groups is 1. The summed E-state index contributed by atoms with van der Waals surface area (Å²) in [6.07, 6.45) is 2.97. The average molecular weight is 440 g/mol. The van der Waals surface area contributed by atoms with E-state index in [2.05, 4.69) is 25.1 Å². The van der Waals surface area contributed by atoms with Crippen LogP contribution in [0.15, 0.2) is 52.4 Å². The van der Waals surface area contributed by atoms with Crippen LogP contribution in [0, 0.1) is 0 Å². The molecule has 11 heteroatoms. The van der Waals surface area contributed by atoms with Crippen molar-refractivity contribution in [3.8, 4) is 11.5 Å². The number of carbonyl (C=O) groups excluding carboxylic acids is 1. The number of nitrogens with zero attached hydrogens (tertiary/aromatic N) is 6. The van der Waals surface area contributed by atoms with Crippen molar-refractivity contribution >= 4 is 23.6 Å². The molecule has 0 radical (unpaired) electrons. The minimum absolute atomic E-state index is 0.0320. The minimum Gasteiger partial charge on any atom is -0.485 e. The number of anilines is 1. The summed E-state index contributed by atoms with van der Waals surface area (Å²) in [5.41, 5.74) is 0. The fourth-order valence-corrected chi connectivity index (χ4v) is 4.05. The van der Waals surface area contributed by atoms with Gasteiger partial charge in [-0.05, 0) is 18.2 Å². The van der Waals surface area contributed by atoms with E-state index in [1.165, 1.54) is 11.8 Å². The number of aromatic nitrogens is 4. The van der Waals surface area contributed by atoms with E-state index in [-0.39, 0.29) is 18.3 Å². The van der Waals surface area contributed by atoms with Crippen LogP contribution >= 0.6 is 11.8 Å². The van der Waals surface area contributed by atoms with Crippen LogP contribution in [-0.4, -0.2) is 69.5 Å². The molecule has 2 aliphatic rings. The summed E-state index contributed by atoms with van der Waals surface area (Å²) in [7, 11) is 0. The fourth-order valence-electron chi connectivity index (χ4n) is 3.38. The lowest BCUT2D eigenvalue weighted by Crippen LogP contribution is -2.49. The molecule has 0 bridgehead atoms. The van der Waals surface area contributed by atoms with Crippen LogP contribution in [0.4, 0.5) is 5.95 Å². The Morgan fingerprint density at radius 1 is 1.03 bits per heavy atom. The Kier molecular flexibility index (Phi) is 5.57. The third-order valence-corrected chi connectivity index (χ3v) is 5.80. The van der Waals surface area contributed by atoms with Gasteiger partial charge in [0, 0.05) is 38.6 Å². The highest BCUT2D eigenvalue weighted by Crippen LogP contribution is 2.35. The summed E-state index contributed by atoms with van der Waals surface area (Å²) in [4.78, 5) is 25.0. The lowest BCUT2D eigenvalue weighted by Gasteiger charge is -2.34. The van der Waals surface area contributed by atoms with E-state index >= 15 is 0 Å². The number of benzene rings is 1. The molecule has 0 N–H and O–H groups in total. The summed E-state index contributed by atoms with van der Waals surface area (Å²) < 4.78 is 17.3. The summed E-state index contributed by atoms with van der Waals surface area (Å²) in [6, 6.07) is 9.22. The monoisotopic (exact) mass is 440 g/mol. The molecule has 2 aliphatic heterocycles. The van der Waals surface area contributed by atoms with Gasteiger partial charge >= 0.3 is 0 Å². The van der Waals surface area contributed by atoms with E-state index in [4.69, 9.17) is 13.9 Å². The van der Waals surface area contributed by atoms with Gasteiger partial charge in [-0.2, -0.15) is 0 Å². The molecule has 4 heterocycles. The number of piperazine rings is 1. The Morgan fingerprint density at radius 2 is 1.81 bits per heavy atom. The molecule has 0 saturated carbocycles. The lowest BCUT2D eigenvalue weighted by atomic mass is 10.2. The third kappa shape index (κ3) is 4.41. The number of hydrogen-bond donors (Lipinski definition) is 0. The second-order valence-electron chi connectivity index (χ2n) is 6.98. The van der Waals surface area contributed by atoms with Gasteiger partial charge in [-0.3, -0.25) is 4.79 Å². The summed E-state index contributed by atoms with van der Waals surface area (Å²) in [5, 5.41) is 8.43. The number of amides is 1. The van der Waals surface area contributed by atoms with Crippen LogP contribution in [-0.2, 0) is 4.79 Å². The minimum atomic E-state index is -0.472. The molecule has 0 spiro atoms. The van der Waals surface area contributed by atoms with Crippen molar-refractivity contribution in [1.82, 2.24) is 25.1 Å². The Labute approximate surface area is 182 Å². The number of ether oxygens (including phenoxy) is 2. The van der Waals surface area contributed by atoms with Gasteiger partial charge in [0.05, 0.1) is 5.75 Å². The predicted octanol–water partition coefficient (Wildman–Crippen LogP) is 1.81. The number of para-hydroxylation sites is 2. The van der Waals surface area contributed by atoms with Gasteiger partial charge < -0.3 is 23.7 Å². The van der Waals surface area contributed by atoms with Crippen LogP contribution in [0.1, 0.15) is 12.0 Å². The fraction of sp³-hybridized carbons (Fsp3) is 0.350. The maximum atomic E-state index is 12.6. The zero-order valence-electron chi connectivity index (χ0n) is 16.6. The Morgan fingerprint density at radius 3 is 2.61 bits per heavy atom. The lowest BCUT2D eigenvalue weighted by molar-refractivity contribution is -0.128. The molecule has 2 aromatic heterocycles. The summed E-state index contributed by atoms with van der Waals surface area (Å²) in [6.45, 7) is 2.94. The normalized spacial score (nSPS) is 18.1. The largest absolute Gasteiger partial charge is 0.485 e. The first-order valence-electron chi connectivity index (χ1n) is 9.91. The highest BCUT2D eigenvalue weighted by atomic mass is 32.2. The second-order valence-corrected chi connectivity index (χ2v) is 7.90. The van der Waals surface area contributed by atoms with Crippen LogP contribution in [0.25, 0.3) is 0 Å². The van der Waals surface area contributed by atoms with Crippen LogP contribution < -0.4 is 14.4 Å². The Balaban J connectivity index is 1.11. The van der Waals surface area contributed by atoms with E-state index in [0.717, 1.165) is 0 Å². The van der Waals surface area contributed by atoms with Gasteiger partial charge in [-0.1, -0.05) is 23.9 Å². The van der Waals surface area contributed by atoms with Gasteiger partial charge in [0.1, 0.15) is 6.61 Å². The molecule has 5 rings (SSSR count). The van der Waals surface area contributed by atoms with Crippen molar-refractivity contribution < 1.29 is 18.7 Å². The van der Waals surface area contributed by atoms with Gasteiger partial charge in [0.25, 0.3) is 11.1 Å². The van der Waals surface area contributed by atoms with Crippen LogP contribution in [0.5, 0.6) is 11.5 Å². The van der Waals surface area contributed by atoms with Crippen molar-refractivity contribution in [3.05, 3.63) is 48.6 Å². The number of thioether (sulfide) groups is 1. The zero-order chi connectivity index (χ0) is 21.0. The predicted molar refractivity (Wildman–Crippen MR) is 111 cm³/mol.